The molecule has 18 heteroatoms. The first-order valence-corrected chi connectivity index (χ1v) is 11.6. The summed E-state index contributed by atoms with van der Waals surface area (Å²) in [5.74, 6) is -3.65. The number of nitro benzene ring substituents is 1. The second-order valence-electron chi connectivity index (χ2n) is 6.73. The Bertz CT molecular complexity index is 1310. The van der Waals surface area contributed by atoms with Gasteiger partial charge in [-0.15, -0.1) is 11.3 Å². The van der Waals surface area contributed by atoms with Gasteiger partial charge in [0.25, 0.3) is 17.5 Å². The van der Waals surface area contributed by atoms with E-state index in [9.17, 15) is 37.5 Å². The Kier molecular flexibility index (Phi) is 7.27. The molecule has 2 amide bonds. The van der Waals surface area contributed by atoms with E-state index >= 15 is 0 Å². The summed E-state index contributed by atoms with van der Waals surface area (Å²) in [4.78, 5) is 56.2. The molecule has 0 radical (unpaired) electrons. The van der Waals surface area contributed by atoms with Crippen molar-refractivity contribution < 1.29 is 41.9 Å². The molecule has 16 nitrogen and oxygen atoms in total. The lowest BCUT2D eigenvalue weighted by Gasteiger charge is -2.42. The first-order chi connectivity index (χ1) is 16.4. The highest BCUT2D eigenvalue weighted by molar-refractivity contribution is 7.84. The number of amides is 2. The Hall–Kier alpha value is -4.16. The molecular formula is C17H16N6O10S2. The highest BCUT2D eigenvalue weighted by atomic mass is 32.2. The Morgan fingerprint density at radius 2 is 2.03 bits per heavy atom. The number of nitrogen functional groups attached to an aromatic ring is 1. The van der Waals surface area contributed by atoms with Gasteiger partial charge in [0.1, 0.15) is 25.5 Å². The summed E-state index contributed by atoms with van der Waals surface area (Å²) < 4.78 is 37.4. The molecule has 2 heterocycles. The molecule has 35 heavy (non-hydrogen) atoms. The number of nitrogens with one attached hydrogen (secondary N) is 1. The number of nitro groups is 1. The number of rotatable bonds is 9. The van der Waals surface area contributed by atoms with Crippen LogP contribution in [0.25, 0.3) is 0 Å². The van der Waals surface area contributed by atoms with Crippen LogP contribution in [0.3, 0.4) is 0 Å². The van der Waals surface area contributed by atoms with Gasteiger partial charge < -0.3 is 20.6 Å². The van der Waals surface area contributed by atoms with Crippen molar-refractivity contribution in [2.45, 2.75) is 18.7 Å². The number of aromatic nitrogens is 1. The minimum absolute atomic E-state index is 0.0115. The molecule has 186 valence electrons. The van der Waals surface area contributed by atoms with Crippen LogP contribution in [-0.2, 0) is 40.9 Å². The fourth-order valence-electron chi connectivity index (χ4n) is 2.95. The molecule has 1 aromatic heterocycles. The number of esters is 1. The number of nitrogens with two attached hydrogens (primary N) is 1. The number of thiazole rings is 1. The zero-order chi connectivity index (χ0) is 25.9. The Morgan fingerprint density at radius 1 is 1.37 bits per heavy atom. The third-order valence-electron chi connectivity index (χ3n) is 4.52. The van der Waals surface area contributed by atoms with Gasteiger partial charge in [0.05, 0.1) is 4.92 Å². The Morgan fingerprint density at radius 3 is 2.54 bits per heavy atom. The number of β-lactam (4-membered cyclic amide) rings is 1. The topological polar surface area (TPSA) is 234 Å². The van der Waals surface area contributed by atoms with E-state index in [4.69, 9.17) is 10.5 Å². The summed E-state index contributed by atoms with van der Waals surface area (Å²) in [7, 11) is -4.05. The quantitative estimate of drug-likeness (QED) is 0.0908. The average molecular weight is 528 g/mol. The SMILES string of the molecule is CON=C(C(=O)NC1C(=O)N(S(=O)(=O)O)C1C(=O)OCc1ccc([N+](=O)[O-])cc1)c1csc(N)n1. The number of nitrogens with zero attached hydrogens (tertiary/aromatic N) is 4. The summed E-state index contributed by atoms with van der Waals surface area (Å²) in [5.41, 5.74) is 5.21. The van der Waals surface area contributed by atoms with Crippen LogP contribution >= 0.6 is 11.3 Å². The molecule has 0 saturated carbocycles. The van der Waals surface area contributed by atoms with Crippen LogP contribution in [0.5, 0.6) is 0 Å². The minimum Gasteiger partial charge on any atom is -0.459 e. The van der Waals surface area contributed by atoms with Crippen molar-refractivity contribution in [2.75, 3.05) is 12.8 Å². The molecule has 0 bridgehead atoms. The molecule has 2 unspecified atom stereocenters. The molecule has 2 atom stereocenters. The zero-order valence-corrected chi connectivity index (χ0v) is 19.2. The molecule has 0 aliphatic carbocycles. The molecule has 1 saturated heterocycles. The number of non-ortho nitro benzene ring substituents is 1. The number of anilines is 1. The van der Waals surface area contributed by atoms with Crippen molar-refractivity contribution >= 4 is 56.0 Å². The van der Waals surface area contributed by atoms with Crippen LogP contribution in [-0.4, -0.2) is 69.9 Å². The molecular weight excluding hydrogens is 512 g/mol. The highest BCUT2D eigenvalue weighted by Crippen LogP contribution is 2.26. The van der Waals surface area contributed by atoms with Gasteiger partial charge in [-0.05, 0) is 17.7 Å². The van der Waals surface area contributed by atoms with E-state index in [2.05, 4.69) is 20.3 Å². The average Bonchev–Trinajstić information content (AvgIpc) is 3.22. The number of carbonyl (C=O) groups excluding carboxylic acids is 3. The Balaban J connectivity index is 1.78. The van der Waals surface area contributed by atoms with Crippen LogP contribution in [0.4, 0.5) is 10.8 Å². The zero-order valence-electron chi connectivity index (χ0n) is 17.6. The van der Waals surface area contributed by atoms with Gasteiger partial charge in [0, 0.05) is 17.5 Å². The van der Waals surface area contributed by atoms with E-state index in [-0.39, 0.29) is 20.8 Å². The van der Waals surface area contributed by atoms with Gasteiger partial charge in [0.2, 0.25) is 0 Å². The van der Waals surface area contributed by atoms with Crippen molar-refractivity contribution in [3.05, 3.63) is 51.0 Å². The predicted molar refractivity (Wildman–Crippen MR) is 117 cm³/mol. The smallest absolute Gasteiger partial charge is 0.363 e. The lowest BCUT2D eigenvalue weighted by atomic mass is 9.98. The van der Waals surface area contributed by atoms with Gasteiger partial charge in [0.15, 0.2) is 16.9 Å². The van der Waals surface area contributed by atoms with Gasteiger partial charge in [-0.1, -0.05) is 5.16 Å². The van der Waals surface area contributed by atoms with Crippen molar-refractivity contribution in [3.8, 4) is 0 Å². The second kappa shape index (κ2) is 9.99. The second-order valence-corrected chi connectivity index (χ2v) is 8.91. The van der Waals surface area contributed by atoms with Gasteiger partial charge >= 0.3 is 16.3 Å². The molecule has 1 fully saturated rings. The minimum atomic E-state index is -5.18. The van der Waals surface area contributed by atoms with E-state index in [0.717, 1.165) is 30.6 Å². The number of hydrogen-bond donors (Lipinski definition) is 3. The van der Waals surface area contributed by atoms with E-state index in [1.807, 2.05) is 0 Å². The molecule has 4 N–H and O–H groups in total. The molecule has 1 aromatic carbocycles. The van der Waals surface area contributed by atoms with Crippen LogP contribution in [0.2, 0.25) is 0 Å². The predicted octanol–water partition coefficient (Wildman–Crippen LogP) is -0.774. The fraction of sp³-hybridized carbons (Fsp3) is 0.235. The van der Waals surface area contributed by atoms with Crippen molar-refractivity contribution in [2.24, 2.45) is 5.16 Å². The summed E-state index contributed by atoms with van der Waals surface area (Å²) in [5, 5.41) is 17.8. The standard InChI is InChI=1S/C17H16N6O10S2/c1-32-21-11(10-7-34-17(18)19-10)14(24)20-12-13(22(15(12)25)35(29,30)31)16(26)33-6-8-2-4-9(5-3-8)23(27)28/h2-5,7,12-13H,6H2,1H3,(H2,18,19)(H,20,24)(H,29,30,31). The van der Waals surface area contributed by atoms with E-state index in [1.165, 1.54) is 17.5 Å². The molecule has 1 aliphatic rings. The maximum Gasteiger partial charge on any atom is 0.363 e. The molecule has 0 spiro atoms. The van der Waals surface area contributed by atoms with Crippen LogP contribution in [0.1, 0.15) is 11.3 Å². The monoisotopic (exact) mass is 528 g/mol. The lowest BCUT2D eigenvalue weighted by Crippen LogP contribution is -2.74. The number of benzene rings is 1. The summed E-state index contributed by atoms with van der Waals surface area (Å²) in [6, 6.07) is 1.22. The number of oxime groups is 1. The van der Waals surface area contributed by atoms with Gasteiger partial charge in [-0.25, -0.2) is 9.78 Å². The largest absolute Gasteiger partial charge is 0.459 e. The first-order valence-electron chi connectivity index (χ1n) is 9.28. The molecule has 1 aliphatic heterocycles. The van der Waals surface area contributed by atoms with E-state index in [1.54, 1.807) is 0 Å². The molecule has 3 rings (SSSR count). The van der Waals surface area contributed by atoms with E-state index < -0.39 is 57.4 Å². The molecule has 2 aromatic rings. The van der Waals surface area contributed by atoms with Gasteiger partial charge in [-0.2, -0.15) is 12.7 Å². The number of hydrogen-bond acceptors (Lipinski definition) is 13. The normalized spacial score (nSPS) is 17.9. The maximum absolute atomic E-state index is 12.7. The van der Waals surface area contributed by atoms with Crippen LogP contribution in [0, 0.1) is 10.1 Å². The maximum atomic E-state index is 12.7. The highest BCUT2D eigenvalue weighted by Gasteiger charge is 2.59. The van der Waals surface area contributed by atoms with Gasteiger partial charge in [-0.3, -0.25) is 24.3 Å². The van der Waals surface area contributed by atoms with E-state index in [0.29, 0.717) is 5.56 Å². The van der Waals surface area contributed by atoms with Crippen molar-refractivity contribution in [3.63, 3.8) is 0 Å². The lowest BCUT2D eigenvalue weighted by molar-refractivity contribution is -0.384. The number of ether oxygens (including phenoxy) is 1. The van der Waals surface area contributed by atoms with Crippen molar-refractivity contribution in [1.82, 2.24) is 14.6 Å². The summed E-state index contributed by atoms with van der Waals surface area (Å²) in [6.07, 6.45) is 0. The van der Waals surface area contributed by atoms with Crippen LogP contribution < -0.4 is 11.1 Å². The number of carbonyl (C=O) groups is 3. The summed E-state index contributed by atoms with van der Waals surface area (Å²) >= 11 is 0.983. The summed E-state index contributed by atoms with van der Waals surface area (Å²) in [6.45, 7) is -0.448. The van der Waals surface area contributed by atoms with Crippen molar-refractivity contribution in [1.29, 1.82) is 0 Å². The van der Waals surface area contributed by atoms with Crippen LogP contribution in [0.15, 0.2) is 34.8 Å². The third-order valence-corrected chi connectivity index (χ3v) is 6.10. The fourth-order valence-corrected chi connectivity index (χ4v) is 4.33. The first kappa shape index (κ1) is 25.5. The third kappa shape index (κ3) is 5.50. The Labute approximate surface area is 200 Å².